The van der Waals surface area contributed by atoms with Gasteiger partial charge in [-0.2, -0.15) is 5.26 Å². The summed E-state index contributed by atoms with van der Waals surface area (Å²) in [7, 11) is 0. The zero-order valence-corrected chi connectivity index (χ0v) is 16.3. The molecule has 0 radical (unpaired) electrons. The highest BCUT2D eigenvalue weighted by Gasteiger charge is 2.33. The molecule has 0 amide bonds. The van der Waals surface area contributed by atoms with Crippen LogP contribution < -0.4 is 9.47 Å². The van der Waals surface area contributed by atoms with Gasteiger partial charge >= 0.3 is 5.97 Å². The maximum absolute atomic E-state index is 12.2. The minimum Gasteiger partial charge on any atom is -0.494 e. The molecule has 0 fully saturated rings. The van der Waals surface area contributed by atoms with E-state index >= 15 is 0 Å². The van der Waals surface area contributed by atoms with E-state index in [0.29, 0.717) is 12.2 Å². The fourth-order valence-corrected chi connectivity index (χ4v) is 2.49. The van der Waals surface area contributed by atoms with E-state index in [1.165, 1.54) is 12.8 Å². The second-order valence-electron chi connectivity index (χ2n) is 6.79. The first-order valence-corrected chi connectivity index (χ1v) is 9.49. The smallest absolute Gasteiger partial charge is 0.331 e. The van der Waals surface area contributed by atoms with Crippen LogP contribution in [0.15, 0.2) is 48.5 Å². The maximum Gasteiger partial charge on any atom is 0.331 e. The molecule has 1 unspecified atom stereocenters. The molecular weight excluding hydrogens is 338 g/mol. The first-order valence-electron chi connectivity index (χ1n) is 9.49. The maximum atomic E-state index is 12.2. The van der Waals surface area contributed by atoms with Crippen LogP contribution in [0.4, 0.5) is 0 Å². The molecule has 4 heteroatoms. The molecule has 0 N–H and O–H groups in total. The molecule has 0 aliphatic carbocycles. The Kier molecular flexibility index (Phi) is 7.43. The van der Waals surface area contributed by atoms with E-state index in [9.17, 15) is 4.79 Å². The molecular formula is C23H27NO3. The van der Waals surface area contributed by atoms with Crippen molar-refractivity contribution in [1.29, 1.82) is 5.26 Å². The van der Waals surface area contributed by atoms with Gasteiger partial charge in [0.15, 0.2) is 5.41 Å². The number of hydrogen-bond donors (Lipinski definition) is 0. The summed E-state index contributed by atoms with van der Waals surface area (Å²) in [5.74, 6) is 0.787. The molecule has 0 spiro atoms. The largest absolute Gasteiger partial charge is 0.494 e. The molecule has 1 atom stereocenters. The summed E-state index contributed by atoms with van der Waals surface area (Å²) in [6.45, 7) is 6.31. The lowest BCUT2D eigenvalue weighted by Gasteiger charge is -2.17. The van der Waals surface area contributed by atoms with Crippen molar-refractivity contribution in [3.8, 4) is 28.7 Å². The van der Waals surface area contributed by atoms with Gasteiger partial charge in [-0.15, -0.1) is 0 Å². The molecule has 0 saturated heterocycles. The number of carbonyl (C=O) groups excluding carboxylic acids is 1. The molecule has 2 aromatic rings. The minimum absolute atomic E-state index is 0.410. The van der Waals surface area contributed by atoms with E-state index in [0.717, 1.165) is 29.9 Å². The highest BCUT2D eigenvalue weighted by atomic mass is 16.5. The van der Waals surface area contributed by atoms with Crippen molar-refractivity contribution < 1.29 is 14.3 Å². The number of benzene rings is 2. The average molecular weight is 365 g/mol. The lowest BCUT2D eigenvalue weighted by Crippen LogP contribution is -2.29. The van der Waals surface area contributed by atoms with Crippen LogP contribution in [0.25, 0.3) is 11.1 Å². The first-order chi connectivity index (χ1) is 13.0. The van der Waals surface area contributed by atoms with Crippen LogP contribution in [0.2, 0.25) is 0 Å². The highest BCUT2D eigenvalue weighted by Crippen LogP contribution is 2.27. The number of carbonyl (C=O) groups is 1. The van der Waals surface area contributed by atoms with Crippen LogP contribution >= 0.6 is 0 Å². The van der Waals surface area contributed by atoms with Gasteiger partial charge in [0.1, 0.15) is 11.5 Å². The van der Waals surface area contributed by atoms with Gasteiger partial charge in [-0.1, -0.05) is 51.0 Å². The summed E-state index contributed by atoms with van der Waals surface area (Å²) < 4.78 is 11.1. The van der Waals surface area contributed by atoms with Gasteiger partial charge in [0.05, 0.1) is 12.7 Å². The Bertz CT molecular complexity index is 775. The minimum atomic E-state index is -1.12. The third kappa shape index (κ3) is 5.59. The highest BCUT2D eigenvalue weighted by molar-refractivity contribution is 5.81. The van der Waals surface area contributed by atoms with Gasteiger partial charge in [-0.3, -0.25) is 0 Å². The van der Waals surface area contributed by atoms with E-state index in [1.54, 1.807) is 26.0 Å². The van der Waals surface area contributed by atoms with Gasteiger partial charge in [-0.05, 0) is 55.2 Å². The molecule has 2 rings (SSSR count). The molecule has 2 aromatic carbocycles. The first kappa shape index (κ1) is 20.5. The summed E-state index contributed by atoms with van der Waals surface area (Å²) in [6.07, 6.45) is 3.84. The summed E-state index contributed by atoms with van der Waals surface area (Å²) >= 11 is 0. The second-order valence-corrected chi connectivity index (χ2v) is 6.79. The van der Waals surface area contributed by atoms with Crippen LogP contribution in [-0.2, 0) is 4.79 Å². The third-order valence-electron chi connectivity index (χ3n) is 4.67. The Labute approximate surface area is 161 Å². The summed E-state index contributed by atoms with van der Waals surface area (Å²) in [6, 6.07) is 17.3. The summed E-state index contributed by atoms with van der Waals surface area (Å²) in [4.78, 5) is 12.2. The van der Waals surface area contributed by atoms with E-state index < -0.39 is 11.4 Å². The molecule has 0 bridgehead atoms. The fraction of sp³-hybridized carbons (Fsp3) is 0.391. The second kappa shape index (κ2) is 9.78. The third-order valence-corrected chi connectivity index (χ3v) is 4.67. The van der Waals surface area contributed by atoms with Crippen molar-refractivity contribution in [3.05, 3.63) is 48.5 Å². The zero-order valence-electron chi connectivity index (χ0n) is 16.3. The number of unbranched alkanes of at least 4 members (excludes halogenated alkanes) is 2. The van der Waals surface area contributed by atoms with Crippen LogP contribution in [0.5, 0.6) is 11.5 Å². The van der Waals surface area contributed by atoms with Crippen LogP contribution in [0.1, 0.15) is 46.5 Å². The van der Waals surface area contributed by atoms with Crippen LogP contribution in [0, 0.1) is 16.7 Å². The average Bonchev–Trinajstić information content (AvgIpc) is 2.71. The molecule has 0 aliphatic rings. The quantitative estimate of drug-likeness (QED) is 0.322. The van der Waals surface area contributed by atoms with E-state index in [-0.39, 0.29) is 0 Å². The SMILES string of the molecule is CCCCCOc1ccc(-c2ccc(OC(=O)C(C)(C#N)CC)cc2)cc1. The molecule has 0 saturated carbocycles. The van der Waals surface area contributed by atoms with E-state index in [1.807, 2.05) is 42.5 Å². The lowest BCUT2D eigenvalue weighted by atomic mass is 9.90. The van der Waals surface area contributed by atoms with Gasteiger partial charge in [0.25, 0.3) is 0 Å². The van der Waals surface area contributed by atoms with Crippen molar-refractivity contribution in [1.82, 2.24) is 0 Å². The number of esters is 1. The van der Waals surface area contributed by atoms with Gasteiger partial charge in [-0.25, -0.2) is 4.79 Å². The predicted molar refractivity (Wildman–Crippen MR) is 107 cm³/mol. The molecule has 0 heterocycles. The number of hydrogen-bond acceptors (Lipinski definition) is 4. The zero-order chi connectivity index (χ0) is 19.7. The normalized spacial score (nSPS) is 12.7. The molecule has 142 valence electrons. The van der Waals surface area contributed by atoms with Gasteiger partial charge in [0.2, 0.25) is 0 Å². The van der Waals surface area contributed by atoms with Crippen molar-refractivity contribution in [2.75, 3.05) is 6.61 Å². The Morgan fingerprint density at radius 1 is 0.963 bits per heavy atom. The van der Waals surface area contributed by atoms with E-state index in [2.05, 4.69) is 6.92 Å². The molecule has 0 aromatic heterocycles. The number of nitrogens with zero attached hydrogens (tertiary/aromatic N) is 1. The Morgan fingerprint density at radius 3 is 2.00 bits per heavy atom. The standard InChI is InChI=1S/C23H27NO3/c1-4-6-7-16-26-20-12-8-18(9-13-20)19-10-14-21(15-11-19)27-22(25)23(3,5-2)17-24/h8-15H,4-7,16H2,1-3H3. The molecule has 0 aliphatic heterocycles. The molecule has 4 nitrogen and oxygen atoms in total. The topological polar surface area (TPSA) is 59.3 Å². The van der Waals surface area contributed by atoms with Crippen molar-refractivity contribution in [2.45, 2.75) is 46.5 Å². The van der Waals surface area contributed by atoms with Crippen molar-refractivity contribution >= 4 is 5.97 Å². The number of ether oxygens (including phenoxy) is 2. The van der Waals surface area contributed by atoms with Gasteiger partial charge in [0, 0.05) is 0 Å². The van der Waals surface area contributed by atoms with Crippen LogP contribution in [-0.4, -0.2) is 12.6 Å². The van der Waals surface area contributed by atoms with E-state index in [4.69, 9.17) is 14.7 Å². The summed E-state index contributed by atoms with van der Waals surface area (Å²) in [5.41, 5.74) is 0.959. The number of nitriles is 1. The van der Waals surface area contributed by atoms with Crippen LogP contribution in [0.3, 0.4) is 0 Å². The Hall–Kier alpha value is -2.80. The Balaban J connectivity index is 1.99. The van der Waals surface area contributed by atoms with Crippen molar-refractivity contribution in [2.24, 2.45) is 5.41 Å². The molecule has 27 heavy (non-hydrogen) atoms. The predicted octanol–water partition coefficient (Wildman–Crippen LogP) is 5.77. The number of rotatable bonds is 9. The van der Waals surface area contributed by atoms with Crippen molar-refractivity contribution in [3.63, 3.8) is 0 Å². The lowest BCUT2D eigenvalue weighted by molar-refractivity contribution is -0.141. The Morgan fingerprint density at radius 2 is 1.52 bits per heavy atom. The fourth-order valence-electron chi connectivity index (χ4n) is 2.49. The van der Waals surface area contributed by atoms with Gasteiger partial charge < -0.3 is 9.47 Å². The monoisotopic (exact) mass is 365 g/mol. The summed E-state index contributed by atoms with van der Waals surface area (Å²) in [5, 5.41) is 9.17.